The van der Waals surface area contributed by atoms with Crippen molar-refractivity contribution in [1.29, 1.82) is 0 Å². The van der Waals surface area contributed by atoms with E-state index in [0.29, 0.717) is 6.04 Å². The molecule has 1 aromatic carbocycles. The molecule has 0 radical (unpaired) electrons. The molecular weight excluding hydrogens is 246 g/mol. The molecule has 1 N–H and O–H groups in total. The number of rotatable bonds is 9. The summed E-state index contributed by atoms with van der Waals surface area (Å²) in [4.78, 5) is 0. The maximum atomic E-state index is 5.94. The molecule has 0 saturated carbocycles. The van der Waals surface area contributed by atoms with Crippen molar-refractivity contribution < 1.29 is 4.74 Å². The van der Waals surface area contributed by atoms with Gasteiger partial charge >= 0.3 is 0 Å². The van der Waals surface area contributed by atoms with Gasteiger partial charge in [0.15, 0.2) is 0 Å². The van der Waals surface area contributed by atoms with Crippen LogP contribution in [0.5, 0.6) is 5.75 Å². The van der Waals surface area contributed by atoms with Crippen LogP contribution < -0.4 is 10.1 Å². The van der Waals surface area contributed by atoms with Gasteiger partial charge in [0.1, 0.15) is 12.4 Å². The largest absolute Gasteiger partial charge is 0.492 e. The van der Waals surface area contributed by atoms with Crippen LogP contribution in [-0.4, -0.2) is 19.2 Å². The molecule has 1 rings (SSSR count). The first-order chi connectivity index (χ1) is 9.54. The Kier molecular flexibility index (Phi) is 7.68. The Hall–Kier alpha value is -1.02. The van der Waals surface area contributed by atoms with Crippen molar-refractivity contribution in [3.63, 3.8) is 0 Å². The molecule has 0 heterocycles. The highest BCUT2D eigenvalue weighted by Gasteiger charge is 2.05. The van der Waals surface area contributed by atoms with Crippen LogP contribution in [0.2, 0.25) is 0 Å². The predicted octanol–water partition coefficient (Wildman–Crippen LogP) is 4.55. The van der Waals surface area contributed by atoms with Crippen molar-refractivity contribution in [3.05, 3.63) is 28.8 Å². The lowest BCUT2D eigenvalue weighted by Crippen LogP contribution is -2.30. The fraction of sp³-hybridized carbons (Fsp3) is 0.667. The van der Waals surface area contributed by atoms with Crippen LogP contribution in [0.4, 0.5) is 0 Å². The molecule has 0 spiro atoms. The molecule has 114 valence electrons. The second kappa shape index (κ2) is 9.02. The summed E-state index contributed by atoms with van der Waals surface area (Å²) in [5.41, 5.74) is 3.77. The van der Waals surface area contributed by atoms with E-state index in [2.05, 4.69) is 52.1 Å². The second-order valence-electron chi connectivity index (χ2n) is 5.93. The first-order valence-corrected chi connectivity index (χ1v) is 7.98. The van der Waals surface area contributed by atoms with E-state index < -0.39 is 0 Å². The van der Waals surface area contributed by atoms with Gasteiger partial charge in [-0.05, 0) is 45.2 Å². The summed E-state index contributed by atoms with van der Waals surface area (Å²) in [6.45, 7) is 12.5. The van der Waals surface area contributed by atoms with Gasteiger partial charge in [0.2, 0.25) is 0 Å². The molecule has 0 aliphatic heterocycles. The lowest BCUT2D eigenvalue weighted by Gasteiger charge is -2.16. The monoisotopic (exact) mass is 277 g/mol. The maximum absolute atomic E-state index is 5.94. The second-order valence-corrected chi connectivity index (χ2v) is 5.93. The van der Waals surface area contributed by atoms with E-state index in [9.17, 15) is 0 Å². The molecule has 0 amide bonds. The molecule has 0 bridgehead atoms. The van der Waals surface area contributed by atoms with Gasteiger partial charge in [-0.3, -0.25) is 0 Å². The number of ether oxygens (including phenoxy) is 1. The smallest absolute Gasteiger partial charge is 0.125 e. The van der Waals surface area contributed by atoms with Gasteiger partial charge in [0.05, 0.1) is 0 Å². The maximum Gasteiger partial charge on any atom is 0.125 e. The summed E-state index contributed by atoms with van der Waals surface area (Å²) in [5, 5.41) is 3.54. The number of benzene rings is 1. The Morgan fingerprint density at radius 1 is 1.10 bits per heavy atom. The Morgan fingerprint density at radius 3 is 2.35 bits per heavy atom. The van der Waals surface area contributed by atoms with Crippen LogP contribution in [0.15, 0.2) is 12.1 Å². The zero-order chi connectivity index (χ0) is 15.0. The molecule has 2 nitrogen and oxygen atoms in total. The average molecular weight is 277 g/mol. The topological polar surface area (TPSA) is 21.3 Å². The zero-order valence-electron chi connectivity index (χ0n) is 13.9. The first-order valence-electron chi connectivity index (χ1n) is 7.98. The van der Waals surface area contributed by atoms with E-state index in [-0.39, 0.29) is 0 Å². The van der Waals surface area contributed by atoms with Crippen LogP contribution >= 0.6 is 0 Å². The van der Waals surface area contributed by atoms with Crippen molar-refractivity contribution in [3.8, 4) is 5.75 Å². The molecule has 1 unspecified atom stereocenters. The molecular formula is C18H31NO. The van der Waals surface area contributed by atoms with E-state index in [1.807, 2.05) is 0 Å². The van der Waals surface area contributed by atoms with E-state index in [1.54, 1.807) is 0 Å². The summed E-state index contributed by atoms with van der Waals surface area (Å²) in [7, 11) is 0. The zero-order valence-corrected chi connectivity index (χ0v) is 13.9. The Morgan fingerprint density at radius 2 is 1.75 bits per heavy atom. The van der Waals surface area contributed by atoms with E-state index in [1.165, 1.54) is 42.4 Å². The molecule has 0 fully saturated rings. The quantitative estimate of drug-likeness (QED) is 0.669. The summed E-state index contributed by atoms with van der Waals surface area (Å²) in [6.07, 6.45) is 5.21. The van der Waals surface area contributed by atoms with Gasteiger partial charge < -0.3 is 10.1 Å². The molecule has 0 aliphatic rings. The van der Waals surface area contributed by atoms with E-state index >= 15 is 0 Å². The third kappa shape index (κ3) is 5.96. The number of hydrogen-bond acceptors (Lipinski definition) is 2. The lowest BCUT2D eigenvalue weighted by molar-refractivity contribution is 0.300. The fourth-order valence-corrected chi connectivity index (χ4v) is 2.66. The van der Waals surface area contributed by atoms with Crippen LogP contribution in [0.1, 0.15) is 56.2 Å². The molecule has 20 heavy (non-hydrogen) atoms. The number of hydrogen-bond donors (Lipinski definition) is 1. The number of nitrogens with one attached hydrogen (secondary N) is 1. The van der Waals surface area contributed by atoms with Gasteiger partial charge in [-0.15, -0.1) is 0 Å². The molecule has 0 aromatic heterocycles. The SMILES string of the molecule is CCCCCC(C)NCCOc1c(C)cc(C)cc1C. The molecule has 0 saturated heterocycles. The average Bonchev–Trinajstić information content (AvgIpc) is 2.37. The van der Waals surface area contributed by atoms with Gasteiger partial charge in [0, 0.05) is 12.6 Å². The third-order valence-electron chi connectivity index (χ3n) is 3.69. The molecule has 2 heteroatoms. The highest BCUT2D eigenvalue weighted by atomic mass is 16.5. The minimum Gasteiger partial charge on any atom is -0.492 e. The number of aryl methyl sites for hydroxylation is 3. The minimum absolute atomic E-state index is 0.588. The summed E-state index contributed by atoms with van der Waals surface area (Å²) in [6, 6.07) is 4.96. The first kappa shape index (κ1) is 17.0. The molecule has 1 atom stereocenters. The van der Waals surface area contributed by atoms with Gasteiger partial charge in [-0.1, -0.05) is 43.9 Å². The van der Waals surface area contributed by atoms with Crippen molar-refractivity contribution in [1.82, 2.24) is 5.32 Å². The van der Waals surface area contributed by atoms with Crippen LogP contribution in [0.25, 0.3) is 0 Å². The summed E-state index contributed by atoms with van der Waals surface area (Å²) in [5.74, 6) is 1.05. The van der Waals surface area contributed by atoms with Crippen LogP contribution in [0.3, 0.4) is 0 Å². The van der Waals surface area contributed by atoms with Crippen LogP contribution in [-0.2, 0) is 0 Å². The van der Waals surface area contributed by atoms with Gasteiger partial charge in [-0.2, -0.15) is 0 Å². The molecule has 1 aromatic rings. The van der Waals surface area contributed by atoms with Crippen molar-refractivity contribution in [2.24, 2.45) is 0 Å². The predicted molar refractivity (Wildman–Crippen MR) is 87.8 cm³/mol. The van der Waals surface area contributed by atoms with Gasteiger partial charge in [0.25, 0.3) is 0 Å². The Labute approximate surface area is 124 Å². The highest BCUT2D eigenvalue weighted by Crippen LogP contribution is 2.24. The van der Waals surface area contributed by atoms with E-state index in [0.717, 1.165) is 18.9 Å². The number of unbranched alkanes of at least 4 members (excludes halogenated alkanes) is 2. The van der Waals surface area contributed by atoms with Crippen molar-refractivity contribution in [2.75, 3.05) is 13.2 Å². The molecule has 0 aliphatic carbocycles. The summed E-state index contributed by atoms with van der Waals surface area (Å²) >= 11 is 0. The highest BCUT2D eigenvalue weighted by molar-refractivity contribution is 5.42. The van der Waals surface area contributed by atoms with E-state index in [4.69, 9.17) is 4.74 Å². The Bertz CT molecular complexity index is 377. The van der Waals surface area contributed by atoms with Gasteiger partial charge in [-0.25, -0.2) is 0 Å². The van der Waals surface area contributed by atoms with Crippen molar-refractivity contribution in [2.45, 2.75) is 66.3 Å². The minimum atomic E-state index is 0.588. The van der Waals surface area contributed by atoms with Crippen LogP contribution in [0, 0.1) is 20.8 Å². The third-order valence-corrected chi connectivity index (χ3v) is 3.69. The van der Waals surface area contributed by atoms with Crippen molar-refractivity contribution >= 4 is 0 Å². The Balaban J connectivity index is 2.28. The lowest BCUT2D eigenvalue weighted by atomic mass is 10.1. The standard InChI is InChI=1S/C18H31NO/c1-6-7-8-9-17(5)19-10-11-20-18-15(3)12-14(2)13-16(18)4/h12-13,17,19H,6-11H2,1-5H3. The summed E-state index contributed by atoms with van der Waals surface area (Å²) < 4.78 is 5.94. The fourth-order valence-electron chi connectivity index (χ4n) is 2.66. The normalized spacial score (nSPS) is 12.4.